The minimum Gasteiger partial charge on any atom is -0.453 e. The summed E-state index contributed by atoms with van der Waals surface area (Å²) in [5.41, 5.74) is -0.196. The van der Waals surface area contributed by atoms with E-state index >= 15 is 0 Å². The highest BCUT2D eigenvalue weighted by molar-refractivity contribution is 5.83. The Balaban J connectivity index is 1.95. The van der Waals surface area contributed by atoms with E-state index in [-0.39, 0.29) is 17.4 Å². The third-order valence-corrected chi connectivity index (χ3v) is 4.69. The normalized spacial score (nSPS) is 22.5. The van der Waals surface area contributed by atoms with Crippen molar-refractivity contribution in [2.75, 3.05) is 46.4 Å². The van der Waals surface area contributed by atoms with Gasteiger partial charge in [-0.15, -0.1) is 0 Å². The molecule has 2 amide bonds. The van der Waals surface area contributed by atoms with Crippen LogP contribution in [0, 0.1) is 5.41 Å². The first-order chi connectivity index (χ1) is 9.63. The van der Waals surface area contributed by atoms with Crippen molar-refractivity contribution in [3.63, 3.8) is 0 Å². The van der Waals surface area contributed by atoms with Crippen LogP contribution in [0.5, 0.6) is 0 Å². The average Bonchev–Trinajstić information content (AvgIpc) is 2.54. The molecular formula is C14H25N3O3. The number of carbonyl (C=O) groups excluding carboxylic acids is 2. The Hall–Kier alpha value is -1.30. The number of methoxy groups -OCH3 is 1. The van der Waals surface area contributed by atoms with Gasteiger partial charge in [0.25, 0.3) is 0 Å². The van der Waals surface area contributed by atoms with Crippen LogP contribution in [-0.2, 0) is 9.53 Å². The maximum Gasteiger partial charge on any atom is 0.409 e. The molecule has 20 heavy (non-hydrogen) atoms. The van der Waals surface area contributed by atoms with E-state index in [4.69, 9.17) is 4.74 Å². The molecule has 2 heterocycles. The van der Waals surface area contributed by atoms with Crippen LogP contribution in [0.2, 0.25) is 0 Å². The van der Waals surface area contributed by atoms with Crippen molar-refractivity contribution in [2.24, 2.45) is 5.41 Å². The summed E-state index contributed by atoms with van der Waals surface area (Å²) < 4.78 is 4.72. The monoisotopic (exact) mass is 283 g/mol. The van der Waals surface area contributed by atoms with E-state index < -0.39 is 0 Å². The molecule has 0 aliphatic carbocycles. The van der Waals surface area contributed by atoms with Gasteiger partial charge in [-0.3, -0.25) is 4.79 Å². The second-order valence-electron chi connectivity index (χ2n) is 5.63. The number of nitrogens with zero attached hydrogens (tertiary/aromatic N) is 2. The summed E-state index contributed by atoms with van der Waals surface area (Å²) in [6.45, 7) is 6.30. The summed E-state index contributed by atoms with van der Waals surface area (Å²) in [5, 5.41) is 3.32. The van der Waals surface area contributed by atoms with Crippen LogP contribution in [0.15, 0.2) is 0 Å². The van der Waals surface area contributed by atoms with Crippen molar-refractivity contribution in [3.8, 4) is 0 Å². The molecule has 6 heteroatoms. The Labute approximate surface area is 120 Å². The van der Waals surface area contributed by atoms with Gasteiger partial charge in [0, 0.05) is 26.2 Å². The van der Waals surface area contributed by atoms with Crippen LogP contribution in [0.3, 0.4) is 0 Å². The average molecular weight is 283 g/mol. The highest BCUT2D eigenvalue weighted by Crippen LogP contribution is 2.34. The van der Waals surface area contributed by atoms with Crippen molar-refractivity contribution in [1.82, 2.24) is 15.1 Å². The van der Waals surface area contributed by atoms with Gasteiger partial charge in [0.15, 0.2) is 0 Å². The van der Waals surface area contributed by atoms with Crippen molar-refractivity contribution in [1.29, 1.82) is 0 Å². The maximum atomic E-state index is 12.8. The molecule has 0 bridgehead atoms. The molecule has 2 aliphatic rings. The van der Waals surface area contributed by atoms with Gasteiger partial charge in [0.1, 0.15) is 0 Å². The first-order valence-electron chi connectivity index (χ1n) is 7.46. The lowest BCUT2D eigenvalue weighted by molar-refractivity contribution is -0.145. The fourth-order valence-corrected chi connectivity index (χ4v) is 3.18. The van der Waals surface area contributed by atoms with Crippen molar-refractivity contribution in [3.05, 3.63) is 0 Å². The first-order valence-corrected chi connectivity index (χ1v) is 7.46. The summed E-state index contributed by atoms with van der Waals surface area (Å²) in [6, 6.07) is 0. The lowest BCUT2D eigenvalue weighted by Gasteiger charge is -2.42. The second-order valence-corrected chi connectivity index (χ2v) is 5.63. The maximum absolute atomic E-state index is 12.8. The molecular weight excluding hydrogens is 258 g/mol. The molecule has 2 fully saturated rings. The summed E-state index contributed by atoms with van der Waals surface area (Å²) in [5.74, 6) is 0.269. The summed E-state index contributed by atoms with van der Waals surface area (Å²) in [4.78, 5) is 27.9. The van der Waals surface area contributed by atoms with Crippen molar-refractivity contribution >= 4 is 12.0 Å². The molecule has 6 nitrogen and oxygen atoms in total. The SMILES string of the molecule is CCC1(C(=O)N2CCN(C(=O)OC)CC2)CCNCC1. The fourth-order valence-electron chi connectivity index (χ4n) is 3.18. The predicted octanol–water partition coefficient (Wildman–Crippen LogP) is 0.677. The van der Waals surface area contributed by atoms with Gasteiger partial charge in [0.05, 0.1) is 12.5 Å². The van der Waals surface area contributed by atoms with Crippen LogP contribution in [0.4, 0.5) is 4.79 Å². The van der Waals surface area contributed by atoms with Crippen LogP contribution < -0.4 is 5.32 Å². The van der Waals surface area contributed by atoms with E-state index in [0.29, 0.717) is 26.2 Å². The molecule has 2 aliphatic heterocycles. The Morgan fingerprint density at radius 1 is 1.10 bits per heavy atom. The van der Waals surface area contributed by atoms with E-state index in [1.54, 1.807) is 4.90 Å². The predicted molar refractivity (Wildman–Crippen MR) is 75.4 cm³/mol. The molecule has 0 unspecified atom stereocenters. The van der Waals surface area contributed by atoms with Gasteiger partial charge in [-0.2, -0.15) is 0 Å². The van der Waals surface area contributed by atoms with Crippen LogP contribution in [0.25, 0.3) is 0 Å². The summed E-state index contributed by atoms with van der Waals surface area (Å²) >= 11 is 0. The Bertz CT molecular complexity index is 359. The van der Waals surface area contributed by atoms with Crippen molar-refractivity contribution < 1.29 is 14.3 Å². The number of piperidine rings is 1. The standard InChI is InChI=1S/C14H25N3O3/c1-3-14(4-6-15-7-5-14)12(18)16-8-10-17(11-9-16)13(19)20-2/h15H,3-11H2,1-2H3. The number of carbonyl (C=O) groups is 2. The number of ether oxygens (including phenoxy) is 1. The number of piperazine rings is 1. The Kier molecular flexibility index (Phi) is 4.86. The van der Waals surface area contributed by atoms with Crippen molar-refractivity contribution in [2.45, 2.75) is 26.2 Å². The Morgan fingerprint density at radius 2 is 1.65 bits per heavy atom. The van der Waals surface area contributed by atoms with Crippen LogP contribution in [0.1, 0.15) is 26.2 Å². The molecule has 0 aromatic carbocycles. The molecule has 0 radical (unpaired) electrons. The lowest BCUT2D eigenvalue weighted by atomic mass is 9.75. The van der Waals surface area contributed by atoms with E-state index in [9.17, 15) is 9.59 Å². The lowest BCUT2D eigenvalue weighted by Crippen LogP contribution is -2.56. The third kappa shape index (κ3) is 2.90. The van der Waals surface area contributed by atoms with Crippen LogP contribution in [-0.4, -0.2) is 68.2 Å². The summed E-state index contributed by atoms with van der Waals surface area (Å²) in [6.07, 6.45) is 2.42. The molecule has 1 N–H and O–H groups in total. The molecule has 114 valence electrons. The zero-order chi connectivity index (χ0) is 14.6. The van der Waals surface area contributed by atoms with E-state index in [2.05, 4.69) is 12.2 Å². The van der Waals surface area contributed by atoms with Gasteiger partial charge in [-0.1, -0.05) is 6.92 Å². The Morgan fingerprint density at radius 3 is 2.15 bits per heavy atom. The highest BCUT2D eigenvalue weighted by atomic mass is 16.5. The number of hydrogen-bond acceptors (Lipinski definition) is 4. The molecule has 2 rings (SSSR count). The van der Waals surface area contributed by atoms with Gasteiger partial charge in [0.2, 0.25) is 5.91 Å². The number of nitrogens with one attached hydrogen (secondary N) is 1. The molecule has 2 saturated heterocycles. The van der Waals surface area contributed by atoms with Gasteiger partial charge < -0.3 is 19.9 Å². The minimum absolute atomic E-state index is 0.196. The molecule has 0 aromatic rings. The van der Waals surface area contributed by atoms with E-state index in [1.165, 1.54) is 7.11 Å². The zero-order valence-corrected chi connectivity index (χ0v) is 12.5. The molecule has 0 atom stereocenters. The van der Waals surface area contributed by atoms with E-state index in [0.717, 1.165) is 32.4 Å². The largest absolute Gasteiger partial charge is 0.453 e. The van der Waals surface area contributed by atoms with Gasteiger partial charge in [-0.25, -0.2) is 4.79 Å². The second kappa shape index (κ2) is 6.43. The number of hydrogen-bond donors (Lipinski definition) is 1. The quantitative estimate of drug-likeness (QED) is 0.809. The van der Waals surface area contributed by atoms with E-state index in [1.807, 2.05) is 4.90 Å². The fraction of sp³-hybridized carbons (Fsp3) is 0.857. The zero-order valence-electron chi connectivity index (χ0n) is 12.5. The minimum atomic E-state index is -0.302. The topological polar surface area (TPSA) is 61.9 Å². The van der Waals surface area contributed by atoms with Gasteiger partial charge >= 0.3 is 6.09 Å². The third-order valence-electron chi connectivity index (χ3n) is 4.69. The van der Waals surface area contributed by atoms with Gasteiger partial charge in [-0.05, 0) is 32.4 Å². The molecule has 0 spiro atoms. The van der Waals surface area contributed by atoms with Crippen LogP contribution >= 0.6 is 0 Å². The highest BCUT2D eigenvalue weighted by Gasteiger charge is 2.41. The summed E-state index contributed by atoms with van der Waals surface area (Å²) in [7, 11) is 1.39. The number of rotatable bonds is 2. The molecule has 0 aromatic heterocycles. The molecule has 0 saturated carbocycles. The first kappa shape index (κ1) is 15.1. The smallest absolute Gasteiger partial charge is 0.409 e. The number of amides is 2.